The van der Waals surface area contributed by atoms with Gasteiger partial charge in [0.25, 0.3) is 11.8 Å². The maximum absolute atomic E-state index is 13.8. The van der Waals surface area contributed by atoms with Gasteiger partial charge >= 0.3 is 0 Å². The molecular weight excluding hydrogens is 311 g/mol. The number of benzene rings is 1. The van der Waals surface area contributed by atoms with Crippen LogP contribution in [0.3, 0.4) is 0 Å². The Hall–Kier alpha value is -2.96. The molecule has 0 fully saturated rings. The molecule has 0 spiro atoms. The van der Waals surface area contributed by atoms with Gasteiger partial charge < -0.3 is 14.8 Å². The van der Waals surface area contributed by atoms with E-state index < -0.39 is 5.82 Å². The molecule has 1 aromatic carbocycles. The smallest absolute Gasteiger partial charge is 0.271 e. The van der Waals surface area contributed by atoms with Gasteiger partial charge in [-0.25, -0.2) is 9.37 Å². The maximum atomic E-state index is 13.8. The number of carbonyl (C=O) groups excluding carboxylic acids is 2. The molecule has 0 radical (unpaired) electrons. The van der Waals surface area contributed by atoms with Crippen molar-refractivity contribution in [1.82, 2.24) is 19.8 Å². The van der Waals surface area contributed by atoms with Crippen molar-refractivity contribution in [2.24, 2.45) is 0 Å². The number of halogens is 1. The fourth-order valence-corrected chi connectivity index (χ4v) is 2.60. The molecule has 7 heteroatoms. The summed E-state index contributed by atoms with van der Waals surface area (Å²) in [6, 6.07) is 5.90. The van der Waals surface area contributed by atoms with Gasteiger partial charge in [-0.15, -0.1) is 6.58 Å². The SMILES string of the molecule is C=CCNC(=O)c1cn2c(n1)CN(C(=O)c1ccccc1F)CC2. The number of amides is 2. The van der Waals surface area contributed by atoms with E-state index >= 15 is 0 Å². The van der Waals surface area contributed by atoms with Crippen LogP contribution in [0.25, 0.3) is 0 Å². The zero-order valence-electron chi connectivity index (χ0n) is 13.0. The van der Waals surface area contributed by atoms with Crippen molar-refractivity contribution >= 4 is 11.8 Å². The summed E-state index contributed by atoms with van der Waals surface area (Å²) in [7, 11) is 0. The first-order valence-corrected chi connectivity index (χ1v) is 7.59. The number of nitrogens with one attached hydrogen (secondary N) is 1. The summed E-state index contributed by atoms with van der Waals surface area (Å²) >= 11 is 0. The van der Waals surface area contributed by atoms with Crippen LogP contribution in [0.1, 0.15) is 26.7 Å². The highest BCUT2D eigenvalue weighted by Gasteiger charge is 2.26. The standard InChI is InChI=1S/C17H17FN4O2/c1-2-7-19-16(23)14-10-21-8-9-22(11-15(21)20-14)17(24)12-5-3-4-6-13(12)18/h2-6,10H,1,7-9,11H2,(H,19,23). The highest BCUT2D eigenvalue weighted by atomic mass is 19.1. The van der Waals surface area contributed by atoms with E-state index in [9.17, 15) is 14.0 Å². The van der Waals surface area contributed by atoms with E-state index in [2.05, 4.69) is 16.9 Å². The summed E-state index contributed by atoms with van der Waals surface area (Å²) in [6.07, 6.45) is 3.25. The Balaban J connectivity index is 1.76. The summed E-state index contributed by atoms with van der Waals surface area (Å²) in [5.74, 6) is -0.598. The predicted molar refractivity (Wildman–Crippen MR) is 85.9 cm³/mol. The first-order valence-electron chi connectivity index (χ1n) is 7.59. The third-order valence-corrected chi connectivity index (χ3v) is 3.83. The largest absolute Gasteiger partial charge is 0.347 e. The lowest BCUT2D eigenvalue weighted by molar-refractivity contribution is 0.0702. The van der Waals surface area contributed by atoms with Crippen molar-refractivity contribution in [3.63, 3.8) is 0 Å². The van der Waals surface area contributed by atoms with E-state index in [1.165, 1.54) is 17.0 Å². The average molecular weight is 328 g/mol. The normalized spacial score (nSPS) is 13.3. The topological polar surface area (TPSA) is 67.2 Å². The van der Waals surface area contributed by atoms with E-state index in [0.717, 1.165) is 0 Å². The number of nitrogens with zero attached hydrogens (tertiary/aromatic N) is 3. The van der Waals surface area contributed by atoms with Crippen LogP contribution in [-0.2, 0) is 13.1 Å². The van der Waals surface area contributed by atoms with Gasteiger partial charge in [0.05, 0.1) is 12.1 Å². The number of rotatable bonds is 4. The van der Waals surface area contributed by atoms with Gasteiger partial charge in [0.1, 0.15) is 17.3 Å². The average Bonchev–Trinajstić information content (AvgIpc) is 3.02. The van der Waals surface area contributed by atoms with Crippen molar-refractivity contribution in [2.45, 2.75) is 13.1 Å². The quantitative estimate of drug-likeness (QED) is 0.867. The molecule has 24 heavy (non-hydrogen) atoms. The number of hydrogen-bond acceptors (Lipinski definition) is 3. The molecule has 2 amide bonds. The van der Waals surface area contributed by atoms with E-state index in [1.807, 2.05) is 4.57 Å². The van der Waals surface area contributed by atoms with Gasteiger partial charge in [0.15, 0.2) is 0 Å². The fraction of sp³-hybridized carbons (Fsp3) is 0.235. The molecule has 0 bridgehead atoms. The van der Waals surface area contributed by atoms with Gasteiger partial charge in [-0.3, -0.25) is 9.59 Å². The summed E-state index contributed by atoms with van der Waals surface area (Å²) in [5, 5.41) is 2.66. The van der Waals surface area contributed by atoms with Crippen LogP contribution in [0.5, 0.6) is 0 Å². The molecule has 3 rings (SSSR count). The Morgan fingerprint density at radius 1 is 1.33 bits per heavy atom. The Morgan fingerprint density at radius 3 is 2.88 bits per heavy atom. The second-order valence-electron chi connectivity index (χ2n) is 5.44. The van der Waals surface area contributed by atoms with Gasteiger partial charge in [-0.2, -0.15) is 0 Å². The Morgan fingerprint density at radius 2 is 2.12 bits per heavy atom. The first kappa shape index (κ1) is 15.9. The van der Waals surface area contributed by atoms with Gasteiger partial charge in [-0.1, -0.05) is 18.2 Å². The molecule has 2 aromatic rings. The molecule has 124 valence electrons. The molecule has 0 aliphatic carbocycles. The minimum absolute atomic E-state index is 0.0430. The fourth-order valence-electron chi connectivity index (χ4n) is 2.60. The third kappa shape index (κ3) is 3.05. The summed E-state index contributed by atoms with van der Waals surface area (Å²) in [4.78, 5) is 30.2. The molecular formula is C17H17FN4O2. The molecule has 1 aliphatic heterocycles. The third-order valence-electron chi connectivity index (χ3n) is 3.83. The van der Waals surface area contributed by atoms with Crippen LogP contribution in [0.2, 0.25) is 0 Å². The summed E-state index contributed by atoms with van der Waals surface area (Å²) in [6.45, 7) is 5.09. The van der Waals surface area contributed by atoms with Gasteiger partial charge in [0.2, 0.25) is 0 Å². The zero-order valence-corrected chi connectivity index (χ0v) is 13.0. The predicted octanol–water partition coefficient (Wildman–Crippen LogP) is 1.59. The molecule has 0 saturated carbocycles. The first-order chi connectivity index (χ1) is 11.6. The van der Waals surface area contributed by atoms with E-state index in [4.69, 9.17) is 0 Å². The lowest BCUT2D eigenvalue weighted by atomic mass is 10.1. The zero-order chi connectivity index (χ0) is 17.1. The second-order valence-corrected chi connectivity index (χ2v) is 5.44. The molecule has 1 N–H and O–H groups in total. The maximum Gasteiger partial charge on any atom is 0.271 e. The molecule has 0 atom stereocenters. The van der Waals surface area contributed by atoms with Crippen molar-refractivity contribution in [3.05, 3.63) is 66.0 Å². The molecule has 1 aliphatic rings. The Kier molecular flexibility index (Phi) is 4.41. The van der Waals surface area contributed by atoms with Crippen molar-refractivity contribution < 1.29 is 14.0 Å². The number of imidazole rings is 1. The second kappa shape index (κ2) is 6.66. The van der Waals surface area contributed by atoms with Crippen LogP contribution in [0, 0.1) is 5.82 Å². The minimum Gasteiger partial charge on any atom is -0.347 e. The molecule has 0 saturated heterocycles. The van der Waals surface area contributed by atoms with Crippen LogP contribution in [0.4, 0.5) is 4.39 Å². The Bertz CT molecular complexity index is 800. The van der Waals surface area contributed by atoms with Gasteiger partial charge in [0, 0.05) is 25.8 Å². The number of fused-ring (bicyclic) bond motifs is 1. The number of aromatic nitrogens is 2. The number of hydrogen-bond donors (Lipinski definition) is 1. The van der Waals surface area contributed by atoms with E-state index in [1.54, 1.807) is 24.4 Å². The molecule has 6 nitrogen and oxygen atoms in total. The lowest BCUT2D eigenvalue weighted by Gasteiger charge is -2.27. The van der Waals surface area contributed by atoms with E-state index in [-0.39, 0.29) is 23.9 Å². The van der Waals surface area contributed by atoms with Crippen molar-refractivity contribution in [1.29, 1.82) is 0 Å². The van der Waals surface area contributed by atoms with Crippen LogP contribution in [-0.4, -0.2) is 39.4 Å². The highest BCUT2D eigenvalue weighted by molar-refractivity contribution is 5.94. The summed E-state index contributed by atoms with van der Waals surface area (Å²) in [5.41, 5.74) is 0.341. The molecule has 0 unspecified atom stereocenters. The highest BCUT2D eigenvalue weighted by Crippen LogP contribution is 2.17. The van der Waals surface area contributed by atoms with Crippen molar-refractivity contribution in [2.75, 3.05) is 13.1 Å². The molecule has 2 heterocycles. The van der Waals surface area contributed by atoms with Crippen molar-refractivity contribution in [3.8, 4) is 0 Å². The molecule has 1 aromatic heterocycles. The lowest BCUT2D eigenvalue weighted by Crippen LogP contribution is -2.38. The monoisotopic (exact) mass is 328 g/mol. The van der Waals surface area contributed by atoms with Gasteiger partial charge in [-0.05, 0) is 12.1 Å². The minimum atomic E-state index is -0.541. The number of carbonyl (C=O) groups is 2. The van der Waals surface area contributed by atoms with Crippen LogP contribution < -0.4 is 5.32 Å². The Labute approximate surface area is 138 Å². The van der Waals surface area contributed by atoms with Crippen LogP contribution >= 0.6 is 0 Å². The summed E-state index contributed by atoms with van der Waals surface area (Å²) < 4.78 is 15.6. The van der Waals surface area contributed by atoms with Crippen LogP contribution in [0.15, 0.2) is 43.1 Å². The van der Waals surface area contributed by atoms with E-state index in [0.29, 0.717) is 31.2 Å².